The number of carbonyl (C=O) groups excluding carboxylic acids is 3. The van der Waals surface area contributed by atoms with Gasteiger partial charge < -0.3 is 19.7 Å². The van der Waals surface area contributed by atoms with E-state index in [0.717, 1.165) is 25.7 Å². The summed E-state index contributed by atoms with van der Waals surface area (Å²) in [4.78, 5) is 39.0. The fourth-order valence-corrected chi connectivity index (χ4v) is 10.9. The molecule has 0 aromatic heterocycles. The van der Waals surface area contributed by atoms with Crippen LogP contribution >= 0.6 is 0 Å². The number of esters is 2. The highest BCUT2D eigenvalue weighted by Crippen LogP contribution is 2.74. The van der Waals surface area contributed by atoms with Crippen LogP contribution in [0.3, 0.4) is 0 Å². The Morgan fingerprint density at radius 1 is 1.08 bits per heavy atom. The first-order valence-corrected chi connectivity index (χ1v) is 14.3. The van der Waals surface area contributed by atoms with E-state index in [1.165, 1.54) is 6.92 Å². The van der Waals surface area contributed by atoms with Crippen LogP contribution in [0, 0.1) is 57.7 Å². The van der Waals surface area contributed by atoms with Crippen LogP contribution in [0.4, 0.5) is 0 Å². The Morgan fingerprint density at radius 3 is 2.46 bits per heavy atom. The second-order valence-electron chi connectivity index (χ2n) is 14.1. The van der Waals surface area contributed by atoms with Crippen molar-refractivity contribution >= 4 is 17.7 Å². The zero-order valence-electron chi connectivity index (χ0n) is 23.0. The Bertz CT molecular complexity index is 1090. The molecular formula is C30H42O7. The predicted molar refractivity (Wildman–Crippen MR) is 133 cm³/mol. The molecule has 7 heteroatoms. The number of hydrogen-bond donors (Lipinski definition) is 2. The molecule has 5 aliphatic carbocycles. The number of Topliss-reactive ketones (excluding diaryl/α,β-unsaturated/α-hetero) is 1. The number of allylic oxidation sites excluding steroid dienone is 1. The topological polar surface area (TPSA) is 110 Å². The third kappa shape index (κ3) is 2.88. The standard InChI is InChI=1S/C30H42O7/c1-14-11-21-29(5,30(6,35)26(34)37-21)19-12-18-22-17(13-20(36-15(2)31)28(18,4)23(14)19)27(3)10-8-7-9-16(27)24(32)25(22)33/h11,14,16-20,22-23,25,33,35H,7-10,12-13H2,1-6H3/t14-,16?,17?,18?,19-,20+,22-,23?,25+,27+,28-,29-,30-/m1/s1. The van der Waals surface area contributed by atoms with Crippen molar-refractivity contribution in [3.05, 3.63) is 11.8 Å². The number of carbonyl (C=O) groups is 3. The second-order valence-corrected chi connectivity index (χ2v) is 14.1. The minimum atomic E-state index is -1.69. The Kier molecular flexibility index (Phi) is 5.30. The molecule has 204 valence electrons. The Balaban J connectivity index is 1.52. The third-order valence-corrected chi connectivity index (χ3v) is 12.8. The quantitative estimate of drug-likeness (QED) is 0.512. The van der Waals surface area contributed by atoms with E-state index < -0.39 is 28.5 Å². The summed E-state index contributed by atoms with van der Waals surface area (Å²) >= 11 is 0. The van der Waals surface area contributed by atoms with Crippen molar-refractivity contribution < 1.29 is 34.1 Å². The van der Waals surface area contributed by atoms with Gasteiger partial charge in [0.05, 0.1) is 5.41 Å². The summed E-state index contributed by atoms with van der Waals surface area (Å²) < 4.78 is 11.8. The van der Waals surface area contributed by atoms with Crippen LogP contribution in [0.15, 0.2) is 11.8 Å². The summed E-state index contributed by atoms with van der Waals surface area (Å²) in [6.07, 6.45) is 5.66. The fraction of sp³-hybridized carbons (Fsp3) is 0.833. The molecule has 0 spiro atoms. The molecule has 6 aliphatic rings. The summed E-state index contributed by atoms with van der Waals surface area (Å²) in [5.41, 5.74) is -3.38. The van der Waals surface area contributed by atoms with Gasteiger partial charge in [0, 0.05) is 18.3 Å². The molecular weight excluding hydrogens is 472 g/mol. The molecule has 37 heavy (non-hydrogen) atoms. The van der Waals surface area contributed by atoms with E-state index >= 15 is 0 Å². The molecule has 0 amide bonds. The number of ether oxygens (including phenoxy) is 2. The lowest BCUT2D eigenvalue weighted by molar-refractivity contribution is -0.211. The first-order chi connectivity index (χ1) is 17.2. The van der Waals surface area contributed by atoms with Gasteiger partial charge in [-0.15, -0.1) is 0 Å². The maximum absolute atomic E-state index is 13.7. The van der Waals surface area contributed by atoms with Gasteiger partial charge in [-0.25, -0.2) is 4.79 Å². The Morgan fingerprint density at radius 2 is 1.78 bits per heavy atom. The van der Waals surface area contributed by atoms with Gasteiger partial charge in [0.25, 0.3) is 0 Å². The van der Waals surface area contributed by atoms with Crippen molar-refractivity contribution in [1.29, 1.82) is 0 Å². The van der Waals surface area contributed by atoms with Gasteiger partial charge in [-0.3, -0.25) is 9.59 Å². The highest BCUT2D eigenvalue weighted by atomic mass is 16.6. The van der Waals surface area contributed by atoms with Gasteiger partial charge in [0.2, 0.25) is 0 Å². The summed E-state index contributed by atoms with van der Waals surface area (Å²) in [5, 5.41) is 23.2. The average Bonchev–Trinajstić information content (AvgIpc) is 3.23. The van der Waals surface area contributed by atoms with E-state index in [1.807, 2.05) is 13.0 Å². The maximum atomic E-state index is 13.7. The summed E-state index contributed by atoms with van der Waals surface area (Å²) in [7, 11) is 0. The summed E-state index contributed by atoms with van der Waals surface area (Å²) in [6.45, 7) is 11.4. The molecule has 4 saturated carbocycles. The van der Waals surface area contributed by atoms with Gasteiger partial charge >= 0.3 is 11.9 Å². The van der Waals surface area contributed by atoms with Crippen LogP contribution < -0.4 is 0 Å². The van der Waals surface area contributed by atoms with Crippen molar-refractivity contribution in [2.75, 3.05) is 0 Å². The van der Waals surface area contributed by atoms with Crippen molar-refractivity contribution in [2.24, 2.45) is 57.7 Å². The molecule has 0 radical (unpaired) electrons. The van der Waals surface area contributed by atoms with Crippen LogP contribution in [-0.2, 0) is 23.9 Å². The summed E-state index contributed by atoms with van der Waals surface area (Å²) in [5.74, 6) is -1.01. The molecule has 13 atom stereocenters. The molecule has 2 N–H and O–H groups in total. The van der Waals surface area contributed by atoms with Gasteiger partial charge in [-0.1, -0.05) is 33.6 Å². The first-order valence-electron chi connectivity index (χ1n) is 14.3. The SMILES string of the molecule is CC(=O)O[C@H]1CC2[C@H](C3C[C@@H]4C([C@H](C)C=C5OC(=O)[C@@](C)(O)[C@@]54C)[C@]31C)[C@H](O)C(=O)C1CCCC[C@@]12C. The summed E-state index contributed by atoms with van der Waals surface area (Å²) in [6, 6.07) is 0. The fourth-order valence-electron chi connectivity index (χ4n) is 10.9. The monoisotopic (exact) mass is 514 g/mol. The van der Waals surface area contributed by atoms with E-state index in [4.69, 9.17) is 9.47 Å². The number of aliphatic hydroxyl groups is 2. The van der Waals surface area contributed by atoms with Crippen LogP contribution in [0.2, 0.25) is 0 Å². The van der Waals surface area contributed by atoms with Crippen LogP contribution in [-0.4, -0.2) is 45.7 Å². The van der Waals surface area contributed by atoms with Gasteiger partial charge in [-0.05, 0) is 86.5 Å². The van der Waals surface area contributed by atoms with Crippen LogP contribution in [0.5, 0.6) is 0 Å². The maximum Gasteiger partial charge on any atom is 0.343 e. The lowest BCUT2D eigenvalue weighted by Crippen LogP contribution is -2.65. The number of hydrogen-bond acceptors (Lipinski definition) is 7. The lowest BCUT2D eigenvalue weighted by Gasteiger charge is -2.63. The number of ketones is 1. The zero-order chi connectivity index (χ0) is 26.9. The largest absolute Gasteiger partial charge is 0.462 e. The average molecular weight is 515 g/mol. The van der Waals surface area contributed by atoms with Crippen molar-refractivity contribution in [3.8, 4) is 0 Å². The van der Waals surface area contributed by atoms with Gasteiger partial charge in [0.1, 0.15) is 18.0 Å². The molecule has 4 unspecified atom stereocenters. The molecule has 1 aliphatic heterocycles. The normalized spacial score (nSPS) is 56.2. The van der Waals surface area contributed by atoms with Crippen molar-refractivity contribution in [3.63, 3.8) is 0 Å². The smallest absolute Gasteiger partial charge is 0.343 e. The molecule has 6 rings (SSSR count). The number of aliphatic hydroxyl groups excluding tert-OH is 1. The van der Waals surface area contributed by atoms with E-state index in [9.17, 15) is 24.6 Å². The van der Waals surface area contributed by atoms with Crippen LogP contribution in [0.25, 0.3) is 0 Å². The molecule has 0 aromatic carbocycles. The first kappa shape index (κ1) is 25.5. The predicted octanol–water partition coefficient (Wildman–Crippen LogP) is 3.80. The Labute approximate surface area is 219 Å². The zero-order valence-corrected chi connectivity index (χ0v) is 23.0. The van der Waals surface area contributed by atoms with Crippen LogP contribution in [0.1, 0.15) is 80.1 Å². The minimum absolute atomic E-state index is 0.00818. The minimum Gasteiger partial charge on any atom is -0.462 e. The van der Waals surface area contributed by atoms with Gasteiger partial charge in [0.15, 0.2) is 11.4 Å². The molecule has 7 nitrogen and oxygen atoms in total. The van der Waals surface area contributed by atoms with E-state index in [1.54, 1.807) is 6.92 Å². The molecule has 5 fully saturated rings. The highest BCUT2D eigenvalue weighted by molar-refractivity contribution is 5.88. The molecule has 0 aromatic rings. The third-order valence-electron chi connectivity index (χ3n) is 12.8. The lowest BCUT2D eigenvalue weighted by atomic mass is 9.42. The van der Waals surface area contributed by atoms with E-state index in [-0.39, 0.29) is 64.7 Å². The molecule has 1 saturated heterocycles. The second kappa shape index (κ2) is 7.68. The van der Waals surface area contributed by atoms with Crippen molar-refractivity contribution in [1.82, 2.24) is 0 Å². The van der Waals surface area contributed by atoms with Gasteiger partial charge in [-0.2, -0.15) is 0 Å². The van der Waals surface area contributed by atoms with E-state index in [2.05, 4.69) is 20.8 Å². The molecule has 1 heterocycles. The number of fused-ring (bicyclic) bond motifs is 9. The van der Waals surface area contributed by atoms with E-state index in [0.29, 0.717) is 18.6 Å². The van der Waals surface area contributed by atoms with Crippen molar-refractivity contribution in [2.45, 2.75) is 97.9 Å². The number of rotatable bonds is 1. The Hall–Kier alpha value is -1.73. The highest BCUT2D eigenvalue weighted by Gasteiger charge is 2.76. The molecule has 0 bridgehead atoms.